The minimum atomic E-state index is 0.00440. The van der Waals surface area contributed by atoms with E-state index < -0.39 is 0 Å². The van der Waals surface area contributed by atoms with E-state index in [1.54, 1.807) is 6.26 Å². The smallest absolute Gasteiger partial charge is 0.105 e. The molecule has 84 valence electrons. The molecule has 1 unspecified atom stereocenters. The van der Waals surface area contributed by atoms with Crippen LogP contribution in [0.2, 0.25) is 0 Å². The molecule has 0 bridgehead atoms. The lowest BCUT2D eigenvalue weighted by atomic mass is 9.99. The van der Waals surface area contributed by atoms with Gasteiger partial charge >= 0.3 is 0 Å². The summed E-state index contributed by atoms with van der Waals surface area (Å²) >= 11 is 0. The number of hydrogen-bond acceptors (Lipinski definition) is 2. The summed E-state index contributed by atoms with van der Waals surface area (Å²) in [6.07, 6.45) is 2.43. The molecule has 1 aromatic heterocycles. The third-order valence-electron chi connectivity index (χ3n) is 2.67. The molecule has 0 aliphatic heterocycles. The fourth-order valence-corrected chi connectivity index (χ4v) is 1.99. The monoisotopic (exact) mass is 215 g/mol. The summed E-state index contributed by atoms with van der Waals surface area (Å²) in [5.74, 6) is 0.937. The maximum absolute atomic E-state index is 6.16. The van der Waals surface area contributed by atoms with Gasteiger partial charge in [-0.3, -0.25) is 0 Å². The fraction of sp³-hybridized carbons (Fsp3) is 0.286. The Labute approximate surface area is 96.1 Å². The van der Waals surface area contributed by atoms with Crippen molar-refractivity contribution in [2.24, 2.45) is 5.73 Å². The number of nitrogens with two attached hydrogens (primary N) is 1. The minimum absolute atomic E-state index is 0.00440. The number of benzene rings is 1. The van der Waals surface area contributed by atoms with Gasteiger partial charge in [0.25, 0.3) is 0 Å². The summed E-state index contributed by atoms with van der Waals surface area (Å²) in [6.45, 7) is 4.19. The van der Waals surface area contributed by atoms with Crippen LogP contribution in [0, 0.1) is 13.8 Å². The van der Waals surface area contributed by atoms with E-state index in [1.165, 1.54) is 16.7 Å². The van der Waals surface area contributed by atoms with E-state index in [9.17, 15) is 0 Å². The summed E-state index contributed by atoms with van der Waals surface area (Å²) < 4.78 is 5.31. The van der Waals surface area contributed by atoms with Gasteiger partial charge in [0.15, 0.2) is 0 Å². The molecule has 1 atom stereocenters. The molecule has 1 aromatic carbocycles. The van der Waals surface area contributed by atoms with Gasteiger partial charge < -0.3 is 10.2 Å². The van der Waals surface area contributed by atoms with Crippen LogP contribution in [-0.2, 0) is 6.42 Å². The molecular formula is C14H17NO. The van der Waals surface area contributed by atoms with Gasteiger partial charge in [-0.05, 0) is 31.5 Å². The van der Waals surface area contributed by atoms with Crippen LogP contribution in [0.5, 0.6) is 0 Å². The Hall–Kier alpha value is -1.54. The van der Waals surface area contributed by atoms with Crippen molar-refractivity contribution in [3.63, 3.8) is 0 Å². The highest BCUT2D eigenvalue weighted by molar-refractivity contribution is 5.31. The molecule has 1 heterocycles. The molecule has 16 heavy (non-hydrogen) atoms. The Morgan fingerprint density at radius 1 is 1.19 bits per heavy atom. The van der Waals surface area contributed by atoms with Crippen LogP contribution < -0.4 is 5.73 Å². The highest BCUT2D eigenvalue weighted by Gasteiger charge is 2.09. The fourth-order valence-electron chi connectivity index (χ4n) is 1.99. The van der Waals surface area contributed by atoms with Crippen molar-refractivity contribution in [1.29, 1.82) is 0 Å². The van der Waals surface area contributed by atoms with E-state index in [2.05, 4.69) is 32.0 Å². The second kappa shape index (κ2) is 4.54. The SMILES string of the molecule is Cc1cc(C)cc(C(N)Cc2ccco2)c1. The van der Waals surface area contributed by atoms with E-state index >= 15 is 0 Å². The van der Waals surface area contributed by atoms with E-state index in [0.29, 0.717) is 0 Å². The molecule has 0 saturated heterocycles. The predicted molar refractivity (Wildman–Crippen MR) is 65.3 cm³/mol. The van der Waals surface area contributed by atoms with Crippen LogP contribution in [0.25, 0.3) is 0 Å². The first kappa shape index (κ1) is 11.0. The van der Waals surface area contributed by atoms with Gasteiger partial charge in [0.2, 0.25) is 0 Å². The van der Waals surface area contributed by atoms with Crippen LogP contribution in [0.4, 0.5) is 0 Å². The quantitative estimate of drug-likeness (QED) is 0.854. The summed E-state index contributed by atoms with van der Waals surface area (Å²) in [5.41, 5.74) is 9.85. The standard InChI is InChI=1S/C14H17NO/c1-10-6-11(2)8-12(7-10)14(15)9-13-4-3-5-16-13/h3-8,14H,9,15H2,1-2H3. The molecule has 0 saturated carbocycles. The van der Waals surface area contributed by atoms with Crippen molar-refractivity contribution in [3.05, 3.63) is 59.0 Å². The third-order valence-corrected chi connectivity index (χ3v) is 2.67. The van der Waals surface area contributed by atoms with Crippen molar-refractivity contribution in [2.45, 2.75) is 26.3 Å². The van der Waals surface area contributed by atoms with Crippen molar-refractivity contribution in [1.82, 2.24) is 0 Å². The number of furan rings is 1. The Morgan fingerprint density at radius 3 is 2.44 bits per heavy atom. The zero-order valence-corrected chi connectivity index (χ0v) is 9.73. The first-order valence-corrected chi connectivity index (χ1v) is 5.51. The molecule has 2 nitrogen and oxygen atoms in total. The maximum atomic E-state index is 6.16. The molecule has 2 aromatic rings. The maximum Gasteiger partial charge on any atom is 0.105 e. The summed E-state index contributed by atoms with van der Waals surface area (Å²) in [7, 11) is 0. The van der Waals surface area contributed by atoms with Crippen LogP contribution in [0.1, 0.15) is 28.5 Å². The molecular weight excluding hydrogens is 198 g/mol. The third kappa shape index (κ3) is 2.52. The molecule has 0 fully saturated rings. The normalized spacial score (nSPS) is 12.7. The molecule has 2 N–H and O–H groups in total. The Kier molecular flexibility index (Phi) is 3.11. The van der Waals surface area contributed by atoms with Gasteiger partial charge in [0.1, 0.15) is 5.76 Å². The van der Waals surface area contributed by atoms with E-state index in [1.807, 2.05) is 12.1 Å². The van der Waals surface area contributed by atoms with Crippen molar-refractivity contribution >= 4 is 0 Å². The van der Waals surface area contributed by atoms with Gasteiger partial charge in [-0.2, -0.15) is 0 Å². The Balaban J connectivity index is 2.17. The predicted octanol–water partition coefficient (Wildman–Crippen LogP) is 3.14. The lowest BCUT2D eigenvalue weighted by Crippen LogP contribution is -2.13. The van der Waals surface area contributed by atoms with Gasteiger partial charge in [0.05, 0.1) is 6.26 Å². The van der Waals surface area contributed by atoms with Crippen LogP contribution in [-0.4, -0.2) is 0 Å². The summed E-state index contributed by atoms with van der Waals surface area (Å²) in [5, 5.41) is 0. The first-order chi connectivity index (χ1) is 7.65. The second-order valence-corrected chi connectivity index (χ2v) is 4.31. The molecule has 0 aliphatic carbocycles. The average Bonchev–Trinajstić information content (AvgIpc) is 2.68. The van der Waals surface area contributed by atoms with E-state index in [0.717, 1.165) is 12.2 Å². The van der Waals surface area contributed by atoms with Crippen molar-refractivity contribution < 1.29 is 4.42 Å². The minimum Gasteiger partial charge on any atom is -0.469 e. The van der Waals surface area contributed by atoms with Crippen LogP contribution in [0.15, 0.2) is 41.0 Å². The number of rotatable bonds is 3. The average molecular weight is 215 g/mol. The van der Waals surface area contributed by atoms with Gasteiger partial charge in [-0.15, -0.1) is 0 Å². The molecule has 0 spiro atoms. The van der Waals surface area contributed by atoms with Gasteiger partial charge in [0, 0.05) is 12.5 Å². The summed E-state index contributed by atoms with van der Waals surface area (Å²) in [4.78, 5) is 0. The van der Waals surface area contributed by atoms with Crippen LogP contribution >= 0.6 is 0 Å². The molecule has 0 radical (unpaired) electrons. The molecule has 2 rings (SSSR count). The second-order valence-electron chi connectivity index (χ2n) is 4.31. The van der Waals surface area contributed by atoms with Crippen LogP contribution in [0.3, 0.4) is 0 Å². The lowest BCUT2D eigenvalue weighted by molar-refractivity contribution is 0.488. The zero-order chi connectivity index (χ0) is 11.5. The Bertz CT molecular complexity index is 439. The molecule has 0 amide bonds. The zero-order valence-electron chi connectivity index (χ0n) is 9.73. The summed E-state index contributed by atoms with van der Waals surface area (Å²) in [6, 6.07) is 10.3. The topological polar surface area (TPSA) is 39.2 Å². The molecule has 2 heteroatoms. The van der Waals surface area contributed by atoms with E-state index in [-0.39, 0.29) is 6.04 Å². The lowest BCUT2D eigenvalue weighted by Gasteiger charge is -2.12. The molecule has 0 aliphatic rings. The highest BCUT2D eigenvalue weighted by Crippen LogP contribution is 2.19. The van der Waals surface area contributed by atoms with Gasteiger partial charge in [-0.1, -0.05) is 29.3 Å². The van der Waals surface area contributed by atoms with Crippen molar-refractivity contribution in [2.75, 3.05) is 0 Å². The van der Waals surface area contributed by atoms with Gasteiger partial charge in [-0.25, -0.2) is 0 Å². The van der Waals surface area contributed by atoms with E-state index in [4.69, 9.17) is 10.2 Å². The number of hydrogen-bond donors (Lipinski definition) is 1. The number of aryl methyl sites for hydroxylation is 2. The van der Waals surface area contributed by atoms with Crippen molar-refractivity contribution in [3.8, 4) is 0 Å². The first-order valence-electron chi connectivity index (χ1n) is 5.51. The highest BCUT2D eigenvalue weighted by atomic mass is 16.3. The Morgan fingerprint density at radius 2 is 1.88 bits per heavy atom. The largest absolute Gasteiger partial charge is 0.469 e.